The van der Waals surface area contributed by atoms with E-state index >= 15 is 0 Å². The summed E-state index contributed by atoms with van der Waals surface area (Å²) in [5.74, 6) is 2.88. The Morgan fingerprint density at radius 2 is 1.59 bits per heavy atom. The van der Waals surface area contributed by atoms with Crippen molar-refractivity contribution in [3.63, 3.8) is 0 Å². The molecular formula is C36H54O3. The van der Waals surface area contributed by atoms with E-state index in [-0.39, 0.29) is 11.4 Å². The zero-order chi connectivity index (χ0) is 27.5. The molecule has 0 saturated heterocycles. The number of carbonyl (C=O) groups is 2. The second-order valence-electron chi connectivity index (χ2n) is 13.0. The summed E-state index contributed by atoms with van der Waals surface area (Å²) >= 11 is 0. The van der Waals surface area contributed by atoms with Crippen molar-refractivity contribution in [2.45, 2.75) is 148 Å². The van der Waals surface area contributed by atoms with E-state index in [1.807, 2.05) is 6.07 Å². The minimum atomic E-state index is -0.0980. The second-order valence-corrected chi connectivity index (χ2v) is 13.0. The van der Waals surface area contributed by atoms with Gasteiger partial charge in [0, 0.05) is 18.3 Å². The fourth-order valence-electron chi connectivity index (χ4n) is 7.92. The Balaban J connectivity index is 1.08. The molecule has 1 aromatic carbocycles. The molecule has 0 aliphatic heterocycles. The van der Waals surface area contributed by atoms with E-state index in [0.717, 1.165) is 51.4 Å². The van der Waals surface area contributed by atoms with Crippen molar-refractivity contribution >= 4 is 11.8 Å². The van der Waals surface area contributed by atoms with Crippen molar-refractivity contribution in [1.82, 2.24) is 0 Å². The quantitative estimate of drug-likeness (QED) is 0.0917. The Morgan fingerprint density at radius 1 is 0.897 bits per heavy atom. The number of rotatable bonds is 16. The summed E-state index contributed by atoms with van der Waals surface area (Å²) in [7, 11) is 0. The molecule has 3 aliphatic carbocycles. The lowest BCUT2D eigenvalue weighted by atomic mass is 9.55. The van der Waals surface area contributed by atoms with Gasteiger partial charge >= 0.3 is 5.97 Å². The van der Waals surface area contributed by atoms with Crippen molar-refractivity contribution < 1.29 is 14.3 Å². The van der Waals surface area contributed by atoms with Crippen LogP contribution in [0.1, 0.15) is 153 Å². The average molecular weight is 535 g/mol. The Morgan fingerprint density at radius 3 is 2.33 bits per heavy atom. The number of fused-ring (bicyclic) bond motifs is 5. The predicted molar refractivity (Wildman–Crippen MR) is 161 cm³/mol. The van der Waals surface area contributed by atoms with Gasteiger partial charge < -0.3 is 4.74 Å². The van der Waals surface area contributed by atoms with Gasteiger partial charge in [0.15, 0.2) is 0 Å². The van der Waals surface area contributed by atoms with Gasteiger partial charge in [-0.1, -0.05) is 83.4 Å². The van der Waals surface area contributed by atoms with Gasteiger partial charge in [-0.3, -0.25) is 9.59 Å². The van der Waals surface area contributed by atoms with Crippen LogP contribution in [0.25, 0.3) is 0 Å². The number of hydrogen-bond donors (Lipinski definition) is 0. The van der Waals surface area contributed by atoms with E-state index in [4.69, 9.17) is 4.74 Å². The van der Waals surface area contributed by atoms with Gasteiger partial charge in [-0.15, -0.1) is 0 Å². The highest BCUT2D eigenvalue weighted by Gasteiger charge is 2.54. The first-order valence-electron chi connectivity index (χ1n) is 16.5. The number of hydrogen-bond acceptors (Lipinski definition) is 3. The average Bonchev–Trinajstić information content (AvgIpc) is 3.24. The molecule has 0 unspecified atom stereocenters. The van der Waals surface area contributed by atoms with Crippen molar-refractivity contribution in [1.29, 1.82) is 0 Å². The first kappa shape index (κ1) is 30.1. The highest BCUT2D eigenvalue weighted by molar-refractivity contribution is 5.87. The van der Waals surface area contributed by atoms with Crippen molar-refractivity contribution in [3.05, 3.63) is 41.5 Å². The lowest BCUT2D eigenvalue weighted by molar-refractivity contribution is -0.134. The highest BCUT2D eigenvalue weighted by Crippen LogP contribution is 2.59. The molecule has 1 aromatic rings. The molecule has 0 radical (unpaired) electrons. The van der Waals surface area contributed by atoms with Gasteiger partial charge in [-0.05, 0) is 105 Å². The van der Waals surface area contributed by atoms with E-state index in [9.17, 15) is 9.59 Å². The third-order valence-corrected chi connectivity index (χ3v) is 10.3. The predicted octanol–water partition coefficient (Wildman–Crippen LogP) is 10.1. The van der Waals surface area contributed by atoms with Gasteiger partial charge in [0.25, 0.3) is 0 Å². The van der Waals surface area contributed by atoms with Crippen LogP contribution >= 0.6 is 0 Å². The molecule has 0 spiro atoms. The minimum Gasteiger partial charge on any atom is -0.427 e. The molecule has 0 N–H and O–H groups in total. The second kappa shape index (κ2) is 15.2. The molecule has 2 fully saturated rings. The summed E-state index contributed by atoms with van der Waals surface area (Å²) in [6.07, 6.45) is 27.8. The maximum atomic E-state index is 12.6. The van der Waals surface area contributed by atoms with E-state index in [0.29, 0.717) is 35.7 Å². The molecule has 216 valence electrons. The lowest BCUT2D eigenvalue weighted by Crippen LogP contribution is -2.42. The number of benzene rings is 1. The minimum absolute atomic E-state index is 0.0713. The molecule has 4 rings (SSSR count). The lowest BCUT2D eigenvalue weighted by Gasteiger charge is -2.48. The third-order valence-electron chi connectivity index (χ3n) is 10.3. The maximum absolute atomic E-state index is 12.6. The van der Waals surface area contributed by atoms with Crippen LogP contribution in [-0.2, 0) is 16.0 Å². The SMILES string of the molecule is CCCCCCCC/C=C/CCCCCCCC(=O)Oc1ccc2c(c1)CC[C@@H]1[C@@H]2CC[C@]2(C)C(=O)CC[C@@H]12. The monoisotopic (exact) mass is 534 g/mol. The molecule has 0 heterocycles. The Labute approximate surface area is 238 Å². The van der Waals surface area contributed by atoms with Crippen LogP contribution in [0, 0.1) is 17.3 Å². The fraction of sp³-hybridized carbons (Fsp3) is 0.722. The van der Waals surface area contributed by atoms with E-state index in [2.05, 4.69) is 38.1 Å². The molecule has 3 aliphatic rings. The molecule has 2 saturated carbocycles. The van der Waals surface area contributed by atoms with E-state index in [1.165, 1.54) is 81.8 Å². The number of allylic oxidation sites excluding steroid dienone is 2. The zero-order valence-electron chi connectivity index (χ0n) is 25.0. The molecule has 3 heteroatoms. The molecule has 0 bridgehead atoms. The highest BCUT2D eigenvalue weighted by atomic mass is 16.5. The number of esters is 1. The largest absolute Gasteiger partial charge is 0.427 e. The van der Waals surface area contributed by atoms with Gasteiger partial charge in [-0.2, -0.15) is 0 Å². The van der Waals surface area contributed by atoms with Crippen LogP contribution in [0.3, 0.4) is 0 Å². The molecule has 39 heavy (non-hydrogen) atoms. The maximum Gasteiger partial charge on any atom is 0.311 e. The summed E-state index contributed by atoms with van der Waals surface area (Å²) in [6, 6.07) is 6.35. The van der Waals surface area contributed by atoms with E-state index in [1.54, 1.807) is 0 Å². The first-order chi connectivity index (χ1) is 19.0. The van der Waals surface area contributed by atoms with Gasteiger partial charge in [0.2, 0.25) is 0 Å². The topological polar surface area (TPSA) is 43.4 Å². The van der Waals surface area contributed by atoms with Crippen LogP contribution in [0.4, 0.5) is 0 Å². The molecule has 3 nitrogen and oxygen atoms in total. The number of ether oxygens (including phenoxy) is 1. The third kappa shape index (κ3) is 8.08. The van der Waals surface area contributed by atoms with Crippen LogP contribution in [0.5, 0.6) is 5.75 Å². The fourth-order valence-corrected chi connectivity index (χ4v) is 7.92. The Bertz CT molecular complexity index is 962. The summed E-state index contributed by atoms with van der Waals surface area (Å²) in [6.45, 7) is 4.50. The van der Waals surface area contributed by atoms with Crippen LogP contribution in [-0.4, -0.2) is 11.8 Å². The normalized spacial score (nSPS) is 25.9. The van der Waals surface area contributed by atoms with Crippen molar-refractivity contribution in [3.8, 4) is 5.75 Å². The van der Waals surface area contributed by atoms with Crippen LogP contribution < -0.4 is 4.74 Å². The number of carbonyl (C=O) groups excluding carboxylic acids is 2. The van der Waals surface area contributed by atoms with Crippen LogP contribution in [0.2, 0.25) is 0 Å². The van der Waals surface area contributed by atoms with Gasteiger partial charge in [0.1, 0.15) is 11.5 Å². The summed E-state index contributed by atoms with van der Waals surface area (Å²) < 4.78 is 5.74. The van der Waals surface area contributed by atoms with Crippen molar-refractivity contribution in [2.75, 3.05) is 0 Å². The zero-order valence-corrected chi connectivity index (χ0v) is 25.0. The molecule has 0 amide bonds. The number of Topliss-reactive ketones (excluding diaryl/α,β-unsaturated/α-hetero) is 1. The van der Waals surface area contributed by atoms with E-state index < -0.39 is 0 Å². The van der Waals surface area contributed by atoms with Crippen molar-refractivity contribution in [2.24, 2.45) is 17.3 Å². The Hall–Kier alpha value is -1.90. The summed E-state index contributed by atoms with van der Waals surface area (Å²) in [5.41, 5.74) is 2.73. The summed E-state index contributed by atoms with van der Waals surface area (Å²) in [5, 5.41) is 0. The number of unbranched alkanes of at least 4 members (excludes halogenated alkanes) is 11. The smallest absolute Gasteiger partial charge is 0.311 e. The van der Waals surface area contributed by atoms with Gasteiger partial charge in [0.05, 0.1) is 0 Å². The number of aryl methyl sites for hydroxylation is 1. The first-order valence-corrected chi connectivity index (χ1v) is 16.5. The number of ketones is 1. The molecule has 4 atom stereocenters. The Kier molecular flexibility index (Phi) is 11.7. The molecule has 0 aromatic heterocycles. The van der Waals surface area contributed by atoms with Gasteiger partial charge in [-0.25, -0.2) is 0 Å². The summed E-state index contributed by atoms with van der Waals surface area (Å²) in [4.78, 5) is 25.0. The standard InChI is InChI=1S/C36H54O3/c1-3-4-5-6-7-8-9-10-11-12-13-14-15-16-17-18-35(38)39-29-20-22-30-28(27-29)19-21-32-31(30)25-26-36(2)33(32)23-24-34(36)37/h10-11,20,22,27,31-33H,3-9,12-19,21,23-26H2,1-2H3/b11-10+/t31-,32-,33+,36+/m1/s1. The molecular weight excluding hydrogens is 480 g/mol. The van der Waals surface area contributed by atoms with Crippen LogP contribution in [0.15, 0.2) is 30.4 Å².